The van der Waals surface area contributed by atoms with E-state index < -0.39 is 5.82 Å². The van der Waals surface area contributed by atoms with Crippen LogP contribution in [0.25, 0.3) is 16.9 Å². The van der Waals surface area contributed by atoms with E-state index in [2.05, 4.69) is 31.1 Å². The van der Waals surface area contributed by atoms with Gasteiger partial charge >= 0.3 is 0 Å². The van der Waals surface area contributed by atoms with Gasteiger partial charge in [-0.15, -0.1) is 11.8 Å². The quantitative estimate of drug-likeness (QED) is 0.554. The summed E-state index contributed by atoms with van der Waals surface area (Å²) < 4.78 is 27.4. The van der Waals surface area contributed by atoms with Crippen LogP contribution < -0.4 is 20.5 Å². The van der Waals surface area contributed by atoms with Crippen LogP contribution in [0.2, 0.25) is 0 Å². The summed E-state index contributed by atoms with van der Waals surface area (Å²) in [5.41, 5.74) is 8.32. The smallest absolute Gasteiger partial charge is 0.177 e. The van der Waals surface area contributed by atoms with Crippen molar-refractivity contribution >= 4 is 23.1 Å². The number of anilines is 1. The number of ether oxygens (including phenoxy) is 2. The molecule has 0 aliphatic heterocycles. The molecule has 3 N–H and O–H groups in total. The van der Waals surface area contributed by atoms with E-state index >= 15 is 0 Å². The zero-order valence-electron chi connectivity index (χ0n) is 17.4. The molecule has 6 nitrogen and oxygen atoms in total. The molecule has 0 fully saturated rings. The Labute approximate surface area is 174 Å². The first-order valence-corrected chi connectivity index (χ1v) is 10.1. The van der Waals surface area contributed by atoms with Crippen molar-refractivity contribution in [2.45, 2.75) is 30.4 Å². The number of halogens is 1. The van der Waals surface area contributed by atoms with Gasteiger partial charge in [-0.2, -0.15) is 0 Å². The van der Waals surface area contributed by atoms with E-state index in [-0.39, 0.29) is 10.5 Å². The minimum absolute atomic E-state index is 0.00718. The highest BCUT2D eigenvalue weighted by atomic mass is 32.2. The van der Waals surface area contributed by atoms with Crippen molar-refractivity contribution in [2.75, 3.05) is 32.6 Å². The molecule has 0 bridgehead atoms. The molecule has 0 atom stereocenters. The predicted molar refractivity (Wildman–Crippen MR) is 117 cm³/mol. The highest BCUT2D eigenvalue weighted by Gasteiger charge is 2.19. The number of thioether (sulfide) groups is 1. The molecule has 0 saturated carbocycles. The van der Waals surface area contributed by atoms with Gasteiger partial charge in [-0.3, -0.25) is 4.40 Å². The van der Waals surface area contributed by atoms with Gasteiger partial charge < -0.3 is 20.5 Å². The van der Waals surface area contributed by atoms with Crippen LogP contribution in [0, 0.1) is 5.82 Å². The fourth-order valence-electron chi connectivity index (χ4n) is 3.05. The van der Waals surface area contributed by atoms with Gasteiger partial charge in [0.2, 0.25) is 0 Å². The molecule has 0 radical (unpaired) electrons. The zero-order valence-corrected chi connectivity index (χ0v) is 18.2. The first kappa shape index (κ1) is 21.3. The van der Waals surface area contributed by atoms with Gasteiger partial charge in [-0.25, -0.2) is 9.37 Å². The number of rotatable bonds is 7. The third-order valence-electron chi connectivity index (χ3n) is 4.21. The maximum absolute atomic E-state index is 14.7. The highest BCUT2D eigenvalue weighted by molar-refractivity contribution is 8.00. The molecule has 1 aromatic carbocycles. The third-order valence-corrected chi connectivity index (χ3v) is 5.35. The molecule has 0 spiro atoms. The van der Waals surface area contributed by atoms with Crippen LogP contribution >= 0.6 is 11.8 Å². The second-order valence-electron chi connectivity index (χ2n) is 7.55. The first-order chi connectivity index (χ1) is 13.8. The highest BCUT2D eigenvalue weighted by Crippen LogP contribution is 2.40. The predicted octanol–water partition coefficient (Wildman–Crippen LogP) is 4.42. The van der Waals surface area contributed by atoms with E-state index in [4.69, 9.17) is 15.2 Å². The first-order valence-electron chi connectivity index (χ1n) is 9.33. The standard InChI is InChI=1S/C21H27FN4O2S/c1-21(2,3)29-18-12-26-16(11-25-19(26)10-17(18)27-4)13-8-14(22)20(28-5)15(9-13)24-7-6-23/h8-12,24H,6-7,23H2,1-5H3. The van der Waals surface area contributed by atoms with Gasteiger partial charge in [0.1, 0.15) is 11.4 Å². The van der Waals surface area contributed by atoms with Crippen molar-refractivity contribution in [2.24, 2.45) is 5.73 Å². The summed E-state index contributed by atoms with van der Waals surface area (Å²) in [6.07, 6.45) is 3.72. The Morgan fingerprint density at radius 3 is 2.59 bits per heavy atom. The summed E-state index contributed by atoms with van der Waals surface area (Å²) in [5.74, 6) is 0.486. The van der Waals surface area contributed by atoms with Gasteiger partial charge in [-0.05, 0) is 12.1 Å². The number of imidazole rings is 1. The Bertz CT molecular complexity index is 1010. The molecule has 0 aliphatic rings. The number of benzene rings is 1. The number of fused-ring (bicyclic) bond motifs is 1. The number of nitrogens with two attached hydrogens (primary N) is 1. The average Bonchev–Trinajstić information content (AvgIpc) is 3.06. The third kappa shape index (κ3) is 4.59. The summed E-state index contributed by atoms with van der Waals surface area (Å²) >= 11 is 1.70. The van der Waals surface area contributed by atoms with E-state index in [1.165, 1.54) is 13.2 Å². The molecule has 0 amide bonds. The summed E-state index contributed by atoms with van der Waals surface area (Å²) in [5, 5.41) is 3.12. The summed E-state index contributed by atoms with van der Waals surface area (Å²) in [4.78, 5) is 5.47. The number of hydrogen-bond acceptors (Lipinski definition) is 6. The van der Waals surface area contributed by atoms with Crippen LogP contribution in [0.3, 0.4) is 0 Å². The number of pyridine rings is 1. The molecule has 3 rings (SSSR count). The molecule has 3 aromatic rings. The maximum atomic E-state index is 14.7. The Morgan fingerprint density at radius 2 is 1.97 bits per heavy atom. The normalized spacial score (nSPS) is 11.7. The molecule has 0 saturated heterocycles. The van der Waals surface area contributed by atoms with Crippen molar-refractivity contribution in [3.05, 3.63) is 36.4 Å². The fourth-order valence-corrected chi connectivity index (χ4v) is 4.11. The summed E-state index contributed by atoms with van der Waals surface area (Å²) in [7, 11) is 3.10. The zero-order chi connectivity index (χ0) is 21.2. The molecule has 0 unspecified atom stereocenters. The molecule has 156 valence electrons. The van der Waals surface area contributed by atoms with Crippen molar-refractivity contribution in [3.63, 3.8) is 0 Å². The molecular formula is C21H27FN4O2S. The summed E-state index contributed by atoms with van der Waals surface area (Å²) in [6.45, 7) is 7.37. The number of hydrogen-bond donors (Lipinski definition) is 2. The maximum Gasteiger partial charge on any atom is 0.177 e. The Balaban J connectivity index is 2.14. The molecule has 2 aromatic heterocycles. The summed E-state index contributed by atoms with van der Waals surface area (Å²) in [6, 6.07) is 5.20. The number of aromatic nitrogens is 2. The topological polar surface area (TPSA) is 73.8 Å². The van der Waals surface area contributed by atoms with Crippen molar-refractivity contribution < 1.29 is 13.9 Å². The van der Waals surface area contributed by atoms with E-state index in [0.29, 0.717) is 24.3 Å². The van der Waals surface area contributed by atoms with Crippen LogP contribution in [-0.4, -0.2) is 41.4 Å². The van der Waals surface area contributed by atoms with E-state index in [1.54, 1.807) is 25.1 Å². The lowest BCUT2D eigenvalue weighted by molar-refractivity contribution is 0.388. The lowest BCUT2D eigenvalue weighted by atomic mass is 10.1. The monoisotopic (exact) mass is 418 g/mol. The fraction of sp³-hybridized carbons (Fsp3) is 0.381. The van der Waals surface area contributed by atoms with Gasteiger partial charge in [-0.1, -0.05) is 20.8 Å². The lowest BCUT2D eigenvalue weighted by Crippen LogP contribution is -2.14. The second kappa shape index (κ2) is 8.51. The van der Waals surface area contributed by atoms with Crippen molar-refractivity contribution in [3.8, 4) is 22.8 Å². The lowest BCUT2D eigenvalue weighted by Gasteiger charge is -2.20. The molecular weight excluding hydrogens is 391 g/mol. The SMILES string of the molecule is COc1cc2ncc(-c3cc(F)c(OC)c(NCCN)c3)n2cc1SC(C)(C)C. The average molecular weight is 419 g/mol. The van der Waals surface area contributed by atoms with Crippen LogP contribution in [0.15, 0.2) is 35.5 Å². The van der Waals surface area contributed by atoms with Crippen LogP contribution in [0.4, 0.5) is 10.1 Å². The van der Waals surface area contributed by atoms with Crippen LogP contribution in [0.5, 0.6) is 11.5 Å². The Kier molecular flexibility index (Phi) is 6.24. The minimum Gasteiger partial charge on any atom is -0.495 e. The van der Waals surface area contributed by atoms with Crippen LogP contribution in [-0.2, 0) is 0 Å². The Hall–Kier alpha value is -2.45. The van der Waals surface area contributed by atoms with Gasteiger partial charge in [0.25, 0.3) is 0 Å². The molecule has 8 heteroatoms. The Morgan fingerprint density at radius 1 is 1.21 bits per heavy atom. The van der Waals surface area contributed by atoms with E-state index in [9.17, 15) is 4.39 Å². The van der Waals surface area contributed by atoms with Gasteiger partial charge in [0, 0.05) is 35.7 Å². The van der Waals surface area contributed by atoms with Crippen molar-refractivity contribution in [1.82, 2.24) is 9.38 Å². The van der Waals surface area contributed by atoms with Crippen molar-refractivity contribution in [1.29, 1.82) is 0 Å². The number of methoxy groups -OCH3 is 2. The van der Waals surface area contributed by atoms with E-state index in [0.717, 1.165) is 22.0 Å². The molecule has 0 aliphatic carbocycles. The van der Waals surface area contributed by atoms with Gasteiger partial charge in [0.15, 0.2) is 11.6 Å². The minimum atomic E-state index is -0.447. The second-order valence-corrected chi connectivity index (χ2v) is 9.42. The molecule has 2 heterocycles. The van der Waals surface area contributed by atoms with Crippen LogP contribution in [0.1, 0.15) is 20.8 Å². The van der Waals surface area contributed by atoms with Gasteiger partial charge in [0.05, 0.1) is 36.7 Å². The number of nitrogens with one attached hydrogen (secondary N) is 1. The largest absolute Gasteiger partial charge is 0.495 e. The number of nitrogens with zero attached hydrogens (tertiary/aromatic N) is 2. The van der Waals surface area contributed by atoms with E-state index in [1.807, 2.05) is 22.7 Å². The molecule has 29 heavy (non-hydrogen) atoms.